The van der Waals surface area contributed by atoms with Crippen LogP contribution in [0.2, 0.25) is 0 Å². The Balaban J connectivity index is 1.61. The van der Waals surface area contributed by atoms with E-state index >= 15 is 0 Å². The molecule has 0 saturated heterocycles. The van der Waals surface area contributed by atoms with Gasteiger partial charge >= 0.3 is 0 Å². The van der Waals surface area contributed by atoms with Crippen molar-refractivity contribution >= 4 is 23.6 Å². The number of hydrazone groups is 1. The molecule has 12 heteroatoms. The molecular weight excluding hydrogens is 450 g/mol. The molecule has 0 aliphatic carbocycles. The van der Waals surface area contributed by atoms with Crippen molar-refractivity contribution in [1.29, 1.82) is 0 Å². The fraction of sp³-hybridized carbons (Fsp3) is 0.217. The van der Waals surface area contributed by atoms with Crippen LogP contribution in [0.1, 0.15) is 29.4 Å². The Bertz CT molecular complexity index is 1310. The predicted molar refractivity (Wildman–Crippen MR) is 131 cm³/mol. The highest BCUT2D eigenvalue weighted by atomic mass is 16.6. The summed E-state index contributed by atoms with van der Waals surface area (Å²) in [5.41, 5.74) is 11.2. The summed E-state index contributed by atoms with van der Waals surface area (Å²) >= 11 is 0. The maximum atomic E-state index is 13.0. The summed E-state index contributed by atoms with van der Waals surface area (Å²) in [5, 5.41) is 19.5. The van der Waals surface area contributed by atoms with Gasteiger partial charge in [0.15, 0.2) is 5.69 Å². The van der Waals surface area contributed by atoms with Crippen molar-refractivity contribution in [2.24, 2.45) is 5.10 Å². The molecule has 0 aliphatic rings. The molecule has 0 unspecified atom stereocenters. The van der Waals surface area contributed by atoms with Gasteiger partial charge in [0, 0.05) is 25.3 Å². The van der Waals surface area contributed by atoms with Crippen LogP contribution in [0.5, 0.6) is 5.75 Å². The first-order chi connectivity index (χ1) is 17.0. The normalized spacial score (nSPS) is 11.1. The lowest BCUT2D eigenvalue weighted by molar-refractivity contribution is 0.0950. The van der Waals surface area contributed by atoms with E-state index in [0.29, 0.717) is 23.6 Å². The van der Waals surface area contributed by atoms with Gasteiger partial charge in [0.1, 0.15) is 11.4 Å². The van der Waals surface area contributed by atoms with E-state index in [9.17, 15) is 4.79 Å². The molecule has 0 atom stereocenters. The van der Waals surface area contributed by atoms with Gasteiger partial charge in [0.2, 0.25) is 11.6 Å². The number of nitrogens with one attached hydrogen (secondary N) is 1. The minimum atomic E-state index is -0.561. The van der Waals surface area contributed by atoms with E-state index in [1.165, 1.54) is 4.68 Å². The molecule has 0 spiro atoms. The van der Waals surface area contributed by atoms with Crippen molar-refractivity contribution in [3.05, 3.63) is 59.8 Å². The monoisotopic (exact) mass is 475 g/mol. The Morgan fingerprint density at radius 2 is 1.91 bits per heavy atom. The number of aromatic nitrogens is 5. The fourth-order valence-electron chi connectivity index (χ4n) is 3.19. The Morgan fingerprint density at radius 3 is 2.54 bits per heavy atom. The minimum Gasteiger partial charge on any atom is -0.494 e. The zero-order chi connectivity index (χ0) is 24.8. The number of hydrogen-bond acceptors (Lipinski definition) is 10. The molecule has 35 heavy (non-hydrogen) atoms. The molecule has 0 radical (unpaired) electrons. The summed E-state index contributed by atoms with van der Waals surface area (Å²) in [5.74, 6) is 0.259. The number of benzene rings is 2. The van der Waals surface area contributed by atoms with Crippen LogP contribution in [0.4, 0.5) is 11.5 Å². The van der Waals surface area contributed by atoms with Gasteiger partial charge in [0.25, 0.3) is 5.91 Å². The van der Waals surface area contributed by atoms with Crippen LogP contribution in [0.3, 0.4) is 0 Å². The number of rotatable bonds is 9. The maximum absolute atomic E-state index is 13.0. The van der Waals surface area contributed by atoms with Gasteiger partial charge in [-0.2, -0.15) is 9.78 Å². The molecule has 1 amide bonds. The zero-order valence-corrected chi connectivity index (χ0v) is 19.5. The highest BCUT2D eigenvalue weighted by molar-refractivity contribution is 5.98. The number of nitrogens with two attached hydrogens (primary N) is 1. The summed E-state index contributed by atoms with van der Waals surface area (Å²) in [4.78, 5) is 15.0. The number of nitrogen functional groups attached to an aromatic ring is 1. The molecule has 2 aromatic heterocycles. The number of amides is 1. The molecule has 3 N–H and O–H groups in total. The van der Waals surface area contributed by atoms with Crippen LogP contribution in [-0.2, 0) is 0 Å². The molecule has 0 aliphatic heterocycles. The molecule has 12 nitrogen and oxygen atoms in total. The number of carbonyl (C=O) groups is 1. The molecule has 180 valence electrons. The second kappa shape index (κ2) is 10.5. The highest BCUT2D eigenvalue weighted by Crippen LogP contribution is 2.28. The molecule has 4 rings (SSSR count). The fourth-order valence-corrected chi connectivity index (χ4v) is 3.19. The standard InChI is InChI=1S/C23H25N9O3/c1-4-13-34-18-11-7-16(8-12-18)20-19(26-30-32(20)22-21(24)28-35-29-22)23(33)27-25-14-15-5-9-17(10-6-15)31(2)3/h5-12,14H,4,13H2,1-3H3,(H2,24,28)(H,27,33). The zero-order valence-electron chi connectivity index (χ0n) is 19.5. The van der Waals surface area contributed by atoms with Gasteiger partial charge in [-0.25, -0.2) is 10.1 Å². The number of carbonyl (C=O) groups excluding carboxylic acids is 1. The van der Waals surface area contributed by atoms with Crippen LogP contribution in [0, 0.1) is 0 Å². The first kappa shape index (κ1) is 23.4. The third-order valence-corrected chi connectivity index (χ3v) is 4.97. The summed E-state index contributed by atoms with van der Waals surface area (Å²) in [6.45, 7) is 2.63. The third-order valence-electron chi connectivity index (χ3n) is 4.97. The average molecular weight is 476 g/mol. The van der Waals surface area contributed by atoms with Gasteiger partial charge in [-0.1, -0.05) is 24.3 Å². The lowest BCUT2D eigenvalue weighted by atomic mass is 10.1. The highest BCUT2D eigenvalue weighted by Gasteiger charge is 2.25. The molecular formula is C23H25N9O3. The third kappa shape index (κ3) is 5.27. The van der Waals surface area contributed by atoms with Crippen LogP contribution in [0.25, 0.3) is 17.1 Å². The number of hydrogen-bond donors (Lipinski definition) is 2. The SMILES string of the molecule is CCCOc1ccc(-c2c(C(=O)NN=Cc3ccc(N(C)C)cc3)nnn2-c2nonc2N)cc1. The Morgan fingerprint density at radius 1 is 1.17 bits per heavy atom. The molecule has 4 aromatic rings. The Labute approximate surface area is 201 Å². The van der Waals surface area contributed by atoms with E-state index in [4.69, 9.17) is 15.1 Å². The van der Waals surface area contributed by atoms with E-state index < -0.39 is 5.91 Å². The van der Waals surface area contributed by atoms with Crippen LogP contribution in [-0.4, -0.2) is 58.1 Å². The maximum Gasteiger partial charge on any atom is 0.294 e. The summed E-state index contributed by atoms with van der Waals surface area (Å²) in [6.07, 6.45) is 2.43. The van der Waals surface area contributed by atoms with Crippen LogP contribution < -0.4 is 20.8 Å². The van der Waals surface area contributed by atoms with Crippen molar-refractivity contribution in [3.63, 3.8) is 0 Å². The van der Waals surface area contributed by atoms with Crippen molar-refractivity contribution in [3.8, 4) is 22.8 Å². The second-order valence-corrected chi connectivity index (χ2v) is 7.73. The van der Waals surface area contributed by atoms with Gasteiger partial charge in [0.05, 0.1) is 12.8 Å². The van der Waals surface area contributed by atoms with Crippen molar-refractivity contribution in [2.75, 3.05) is 31.3 Å². The minimum absolute atomic E-state index is 0.00481. The predicted octanol–water partition coefficient (Wildman–Crippen LogP) is 2.52. The first-order valence-electron chi connectivity index (χ1n) is 10.9. The molecule has 0 bridgehead atoms. The first-order valence-corrected chi connectivity index (χ1v) is 10.9. The van der Waals surface area contributed by atoms with Crippen molar-refractivity contribution in [1.82, 2.24) is 30.7 Å². The van der Waals surface area contributed by atoms with Gasteiger partial charge in [-0.15, -0.1) is 5.10 Å². The quantitative estimate of drug-likeness (QED) is 0.275. The van der Waals surface area contributed by atoms with Gasteiger partial charge in [-0.3, -0.25) is 4.79 Å². The van der Waals surface area contributed by atoms with Crippen molar-refractivity contribution < 1.29 is 14.2 Å². The van der Waals surface area contributed by atoms with E-state index in [1.54, 1.807) is 30.5 Å². The van der Waals surface area contributed by atoms with Crippen LogP contribution in [0.15, 0.2) is 58.3 Å². The Hall–Kier alpha value is -4.74. The summed E-state index contributed by atoms with van der Waals surface area (Å²) in [6, 6.07) is 14.9. The molecule has 2 heterocycles. The number of ether oxygens (including phenoxy) is 1. The lowest BCUT2D eigenvalue weighted by Gasteiger charge is -2.11. The number of nitrogens with zero attached hydrogens (tertiary/aromatic N) is 7. The van der Waals surface area contributed by atoms with Gasteiger partial charge in [-0.05, 0) is 58.7 Å². The summed E-state index contributed by atoms with van der Waals surface area (Å²) in [7, 11) is 3.92. The van der Waals surface area contributed by atoms with E-state index in [2.05, 4.69) is 31.2 Å². The molecule has 2 aromatic carbocycles. The van der Waals surface area contributed by atoms with E-state index in [1.807, 2.05) is 50.2 Å². The topological polar surface area (TPSA) is 150 Å². The molecule has 0 fully saturated rings. The van der Waals surface area contributed by atoms with E-state index in [-0.39, 0.29) is 17.3 Å². The van der Waals surface area contributed by atoms with Crippen molar-refractivity contribution in [2.45, 2.75) is 13.3 Å². The Kier molecular flexibility index (Phi) is 7.00. The average Bonchev–Trinajstić information content (AvgIpc) is 3.49. The van der Waals surface area contributed by atoms with Crippen LogP contribution >= 0.6 is 0 Å². The smallest absolute Gasteiger partial charge is 0.294 e. The number of anilines is 2. The van der Waals surface area contributed by atoms with Gasteiger partial charge < -0.3 is 15.4 Å². The second-order valence-electron chi connectivity index (χ2n) is 7.73. The molecule has 0 saturated carbocycles. The summed E-state index contributed by atoms with van der Waals surface area (Å²) < 4.78 is 11.6. The lowest BCUT2D eigenvalue weighted by Crippen LogP contribution is -2.19. The largest absolute Gasteiger partial charge is 0.494 e. The van der Waals surface area contributed by atoms with E-state index in [0.717, 1.165) is 17.7 Å².